The molecule has 126 valence electrons. The number of hydrogen-bond acceptors (Lipinski definition) is 7. The van der Waals surface area contributed by atoms with Gasteiger partial charge in [-0.1, -0.05) is 12.1 Å². The van der Waals surface area contributed by atoms with E-state index in [4.69, 9.17) is 0 Å². The largest absolute Gasteiger partial charge is 0.271 e. The van der Waals surface area contributed by atoms with Gasteiger partial charge in [-0.25, -0.2) is 10.1 Å². The van der Waals surface area contributed by atoms with Crippen LogP contribution in [-0.4, -0.2) is 28.2 Å². The predicted molar refractivity (Wildman–Crippen MR) is 102 cm³/mol. The molecule has 3 heterocycles. The zero-order valence-electron chi connectivity index (χ0n) is 13.2. The van der Waals surface area contributed by atoms with Crippen molar-refractivity contribution in [2.45, 2.75) is 11.6 Å². The summed E-state index contributed by atoms with van der Waals surface area (Å²) in [5, 5.41) is 22.4. The molecule has 0 saturated heterocycles. The van der Waals surface area contributed by atoms with Gasteiger partial charge in [0.2, 0.25) is 0 Å². The second-order valence-electron chi connectivity index (χ2n) is 4.79. The molecule has 0 atom stereocenters. The molecule has 6 nitrogen and oxygen atoms in total. The van der Waals surface area contributed by atoms with E-state index in [1.54, 1.807) is 10.9 Å². The van der Waals surface area contributed by atoms with Crippen LogP contribution in [0.1, 0.15) is 10.4 Å². The molecule has 1 N–H and O–H groups in total. The van der Waals surface area contributed by atoms with Crippen LogP contribution in [0.2, 0.25) is 0 Å². The number of amides is 1. The third-order valence-corrected chi connectivity index (χ3v) is 5.67. The van der Waals surface area contributed by atoms with E-state index < -0.39 is 0 Å². The maximum absolute atomic E-state index is 12.1. The molecule has 9 heteroatoms. The Kier molecular flexibility index (Phi) is 5.65. The van der Waals surface area contributed by atoms with Gasteiger partial charge in [-0.15, -0.1) is 34.4 Å². The number of aromatic nitrogens is 2. The number of nitriles is 1. The van der Waals surface area contributed by atoms with Crippen molar-refractivity contribution in [1.82, 2.24) is 15.2 Å². The van der Waals surface area contributed by atoms with Gasteiger partial charge in [0.25, 0.3) is 5.91 Å². The molecule has 0 bridgehead atoms. The molecule has 3 aromatic rings. The number of thioether (sulfide) groups is 1. The number of carbonyl (C=O) groups is 1. The Morgan fingerprint density at radius 2 is 2.24 bits per heavy atom. The molecule has 0 aliphatic carbocycles. The predicted octanol–water partition coefficient (Wildman–Crippen LogP) is 3.42. The number of thiophene rings is 2. The van der Waals surface area contributed by atoms with Gasteiger partial charge < -0.3 is 0 Å². The molecule has 0 spiro atoms. The third kappa shape index (κ3) is 3.99. The number of hydrazone groups is 1. The summed E-state index contributed by atoms with van der Waals surface area (Å²) in [4.78, 5) is 14.0. The lowest BCUT2D eigenvalue weighted by atomic mass is 10.2. The average molecular weight is 388 g/mol. The van der Waals surface area contributed by atoms with E-state index >= 15 is 0 Å². The minimum Gasteiger partial charge on any atom is -0.271 e. The lowest BCUT2D eigenvalue weighted by Gasteiger charge is -2.04. The Balaban J connectivity index is 1.78. The summed E-state index contributed by atoms with van der Waals surface area (Å²) >= 11 is 4.44. The fraction of sp³-hybridized carbons (Fsp3) is 0.125. The van der Waals surface area contributed by atoms with Gasteiger partial charge in [0, 0.05) is 4.88 Å². The summed E-state index contributed by atoms with van der Waals surface area (Å²) in [6.07, 6.45) is 3.46. The molecule has 0 saturated carbocycles. The van der Waals surface area contributed by atoms with Gasteiger partial charge in [0.1, 0.15) is 28.9 Å². The summed E-state index contributed by atoms with van der Waals surface area (Å²) in [5.74, 6) is -0.298. The van der Waals surface area contributed by atoms with Gasteiger partial charge in [0.05, 0.1) is 11.1 Å². The molecular weight excluding hydrogens is 374 g/mol. The third-order valence-electron chi connectivity index (χ3n) is 3.18. The van der Waals surface area contributed by atoms with Crippen LogP contribution in [0.5, 0.6) is 0 Å². The lowest BCUT2D eigenvalue weighted by molar-refractivity contribution is -0.121. The normalized spacial score (nSPS) is 10.9. The minimum atomic E-state index is -0.298. The first-order valence-electron chi connectivity index (χ1n) is 7.17. The van der Waals surface area contributed by atoms with Crippen LogP contribution in [0.15, 0.2) is 45.2 Å². The highest BCUT2D eigenvalue weighted by Crippen LogP contribution is 2.32. The zero-order valence-corrected chi connectivity index (χ0v) is 15.6. The minimum absolute atomic E-state index is 0.00198. The van der Waals surface area contributed by atoms with Crippen molar-refractivity contribution >= 4 is 46.6 Å². The maximum atomic E-state index is 12.1. The molecule has 25 heavy (non-hydrogen) atoms. The molecule has 0 radical (unpaired) electrons. The summed E-state index contributed by atoms with van der Waals surface area (Å²) in [6.45, 7) is -0.00198. The van der Waals surface area contributed by atoms with Crippen LogP contribution in [0.3, 0.4) is 0 Å². The molecule has 0 aliphatic rings. The Morgan fingerprint density at radius 1 is 1.44 bits per heavy atom. The Morgan fingerprint density at radius 3 is 2.88 bits per heavy atom. The monoisotopic (exact) mass is 387 g/mol. The number of carbonyl (C=O) groups excluding carboxylic acids is 1. The molecule has 1 amide bonds. The number of rotatable bonds is 6. The smallest absolute Gasteiger partial charge is 0.261 e. The average Bonchev–Trinajstić information content (AvgIpc) is 3.35. The molecule has 3 rings (SSSR count). The first-order chi connectivity index (χ1) is 12.2. The van der Waals surface area contributed by atoms with E-state index in [0.717, 1.165) is 9.75 Å². The van der Waals surface area contributed by atoms with Crippen LogP contribution in [0.25, 0.3) is 10.6 Å². The van der Waals surface area contributed by atoms with Crippen LogP contribution in [-0.2, 0) is 11.3 Å². The fourth-order valence-corrected chi connectivity index (χ4v) is 4.11. The van der Waals surface area contributed by atoms with E-state index in [9.17, 15) is 10.1 Å². The summed E-state index contributed by atoms with van der Waals surface area (Å²) in [5.41, 5.74) is 3.59. The highest BCUT2D eigenvalue weighted by molar-refractivity contribution is 7.98. The molecule has 0 unspecified atom stereocenters. The zero-order chi connectivity index (χ0) is 17.6. The van der Waals surface area contributed by atoms with Gasteiger partial charge in [-0.3, -0.25) is 4.79 Å². The number of nitrogens with zero attached hydrogens (tertiary/aromatic N) is 4. The van der Waals surface area contributed by atoms with Gasteiger partial charge in [0.15, 0.2) is 0 Å². The van der Waals surface area contributed by atoms with Crippen LogP contribution in [0, 0.1) is 11.3 Å². The first-order valence-corrected chi connectivity index (χ1v) is 10.2. The second kappa shape index (κ2) is 8.11. The highest BCUT2D eigenvalue weighted by Gasteiger charge is 2.20. The molecular formula is C16H13N5OS3. The van der Waals surface area contributed by atoms with E-state index in [2.05, 4.69) is 21.7 Å². The summed E-state index contributed by atoms with van der Waals surface area (Å²) < 4.78 is 1.55. The molecule has 0 fully saturated rings. The SMILES string of the molecule is CSc1c(C#N)c(-c2cccs2)nn1CC(=O)NN=Cc1cccs1. The highest BCUT2D eigenvalue weighted by atomic mass is 32.2. The van der Waals surface area contributed by atoms with E-state index in [0.29, 0.717) is 16.3 Å². The standard InChI is InChI=1S/C16H13N5OS3/c1-23-16-12(8-17)15(13-5-3-7-25-13)20-21(16)10-14(22)19-18-9-11-4-2-6-24-11/h2-7,9H,10H2,1H3,(H,19,22). The van der Waals surface area contributed by atoms with Crippen molar-refractivity contribution in [3.8, 4) is 16.6 Å². The Hall–Kier alpha value is -2.41. The summed E-state index contributed by atoms with van der Waals surface area (Å²) in [6, 6.07) is 9.84. The first kappa shape index (κ1) is 17.4. The van der Waals surface area contributed by atoms with E-state index in [1.165, 1.54) is 34.4 Å². The van der Waals surface area contributed by atoms with Gasteiger partial charge in [-0.2, -0.15) is 15.5 Å². The van der Waals surface area contributed by atoms with E-state index in [-0.39, 0.29) is 12.5 Å². The van der Waals surface area contributed by atoms with Gasteiger partial charge in [-0.05, 0) is 29.1 Å². The topological polar surface area (TPSA) is 83.1 Å². The Bertz CT molecular complexity index is 920. The quantitative estimate of drug-likeness (QED) is 0.399. The van der Waals surface area contributed by atoms with Crippen LogP contribution in [0.4, 0.5) is 0 Å². The van der Waals surface area contributed by atoms with Crippen molar-refractivity contribution in [2.24, 2.45) is 5.10 Å². The van der Waals surface area contributed by atoms with Crippen molar-refractivity contribution < 1.29 is 4.79 Å². The second-order valence-corrected chi connectivity index (χ2v) is 7.51. The molecule has 0 aliphatic heterocycles. The fourth-order valence-electron chi connectivity index (χ4n) is 2.15. The van der Waals surface area contributed by atoms with Crippen LogP contribution < -0.4 is 5.43 Å². The van der Waals surface area contributed by atoms with Crippen molar-refractivity contribution in [1.29, 1.82) is 5.26 Å². The summed E-state index contributed by atoms with van der Waals surface area (Å²) in [7, 11) is 0. The maximum Gasteiger partial charge on any atom is 0.261 e. The molecule has 3 aromatic heterocycles. The van der Waals surface area contributed by atoms with Crippen LogP contribution >= 0.6 is 34.4 Å². The van der Waals surface area contributed by atoms with Crippen molar-refractivity contribution in [3.63, 3.8) is 0 Å². The number of hydrogen-bond donors (Lipinski definition) is 1. The number of nitrogens with one attached hydrogen (secondary N) is 1. The Labute approximate surface area is 156 Å². The lowest BCUT2D eigenvalue weighted by Crippen LogP contribution is -2.24. The van der Waals surface area contributed by atoms with E-state index in [1.807, 2.05) is 41.3 Å². The van der Waals surface area contributed by atoms with Gasteiger partial charge >= 0.3 is 0 Å². The molecule has 0 aromatic carbocycles. The van der Waals surface area contributed by atoms with Crippen molar-refractivity contribution in [2.75, 3.05) is 6.26 Å². The van der Waals surface area contributed by atoms with Crippen molar-refractivity contribution in [3.05, 3.63) is 45.5 Å².